The number of hydrogen-bond acceptors (Lipinski definition) is 5. The second-order valence-electron chi connectivity index (χ2n) is 3.42. The fraction of sp³-hybridized carbons (Fsp3) is 0.400. The third-order valence-corrected chi connectivity index (χ3v) is 4.16. The van der Waals surface area contributed by atoms with Crippen molar-refractivity contribution in [1.29, 1.82) is 0 Å². The van der Waals surface area contributed by atoms with Gasteiger partial charge in [0, 0.05) is 22.1 Å². The molecule has 0 fully saturated rings. The van der Waals surface area contributed by atoms with Gasteiger partial charge in [-0.3, -0.25) is 0 Å². The highest BCUT2D eigenvalue weighted by molar-refractivity contribution is 8.00. The molecule has 5 heteroatoms. The summed E-state index contributed by atoms with van der Waals surface area (Å²) in [6.07, 6.45) is 1.63. The number of hydrogen-bond donors (Lipinski definition) is 1. The molecule has 15 heavy (non-hydrogen) atoms. The standard InChI is InChI=1S/C10H13N3S2/c1-6-3-8-9(14-6)12-5-13-10(8)15-7(2)4-11/h3,5,7H,4,11H2,1-2H3. The molecule has 0 aromatic carbocycles. The second-order valence-corrected chi connectivity index (χ2v) is 6.08. The van der Waals surface area contributed by atoms with Gasteiger partial charge in [0.1, 0.15) is 16.2 Å². The van der Waals surface area contributed by atoms with Crippen molar-refractivity contribution < 1.29 is 0 Å². The summed E-state index contributed by atoms with van der Waals surface area (Å²) >= 11 is 3.42. The number of thioether (sulfide) groups is 1. The van der Waals surface area contributed by atoms with Crippen molar-refractivity contribution in [2.75, 3.05) is 6.54 Å². The van der Waals surface area contributed by atoms with E-state index in [1.165, 1.54) is 4.88 Å². The molecule has 80 valence electrons. The molecule has 0 saturated carbocycles. The van der Waals surface area contributed by atoms with Gasteiger partial charge in [0.05, 0.1) is 0 Å². The first kappa shape index (κ1) is 10.9. The maximum Gasteiger partial charge on any atom is 0.128 e. The van der Waals surface area contributed by atoms with Gasteiger partial charge in [0.25, 0.3) is 0 Å². The Morgan fingerprint density at radius 3 is 3.07 bits per heavy atom. The summed E-state index contributed by atoms with van der Waals surface area (Å²) in [5.74, 6) is 0. The largest absolute Gasteiger partial charge is 0.329 e. The molecule has 1 atom stereocenters. The summed E-state index contributed by atoms with van der Waals surface area (Å²) in [5.41, 5.74) is 5.61. The van der Waals surface area contributed by atoms with Crippen LogP contribution in [0.3, 0.4) is 0 Å². The van der Waals surface area contributed by atoms with Crippen LogP contribution in [0.25, 0.3) is 10.2 Å². The molecule has 2 rings (SSSR count). The zero-order chi connectivity index (χ0) is 10.8. The van der Waals surface area contributed by atoms with Crippen molar-refractivity contribution in [3.05, 3.63) is 17.3 Å². The Bertz CT molecular complexity index is 467. The lowest BCUT2D eigenvalue weighted by atomic mass is 10.4. The van der Waals surface area contributed by atoms with Crippen LogP contribution < -0.4 is 5.73 Å². The molecule has 0 bridgehead atoms. The fourth-order valence-electron chi connectivity index (χ4n) is 1.29. The minimum atomic E-state index is 0.392. The van der Waals surface area contributed by atoms with E-state index < -0.39 is 0 Å². The molecule has 0 saturated heterocycles. The van der Waals surface area contributed by atoms with Gasteiger partial charge in [0.15, 0.2) is 0 Å². The molecule has 2 heterocycles. The van der Waals surface area contributed by atoms with E-state index in [1.807, 2.05) is 0 Å². The van der Waals surface area contributed by atoms with Gasteiger partial charge in [-0.2, -0.15) is 0 Å². The van der Waals surface area contributed by atoms with E-state index in [1.54, 1.807) is 29.4 Å². The van der Waals surface area contributed by atoms with Crippen LogP contribution in [0.5, 0.6) is 0 Å². The van der Waals surface area contributed by atoms with Crippen LogP contribution >= 0.6 is 23.1 Å². The van der Waals surface area contributed by atoms with Gasteiger partial charge in [0.2, 0.25) is 0 Å². The Morgan fingerprint density at radius 2 is 2.33 bits per heavy atom. The van der Waals surface area contributed by atoms with Crippen LogP contribution in [0.1, 0.15) is 11.8 Å². The van der Waals surface area contributed by atoms with Gasteiger partial charge < -0.3 is 5.73 Å². The number of aromatic nitrogens is 2. The first-order chi connectivity index (χ1) is 7.20. The Morgan fingerprint density at radius 1 is 1.53 bits per heavy atom. The zero-order valence-corrected chi connectivity index (χ0v) is 10.4. The van der Waals surface area contributed by atoms with E-state index in [0.29, 0.717) is 11.8 Å². The molecule has 0 aliphatic carbocycles. The molecule has 2 aromatic heterocycles. The predicted molar refractivity (Wildman–Crippen MR) is 66.5 cm³/mol. The summed E-state index contributed by atoms with van der Waals surface area (Å²) in [4.78, 5) is 10.9. The lowest BCUT2D eigenvalue weighted by Crippen LogP contribution is -2.12. The summed E-state index contributed by atoms with van der Waals surface area (Å²) in [6, 6.07) is 2.14. The summed E-state index contributed by atoms with van der Waals surface area (Å²) in [5, 5.41) is 2.59. The van der Waals surface area contributed by atoms with E-state index in [4.69, 9.17) is 5.73 Å². The monoisotopic (exact) mass is 239 g/mol. The first-order valence-electron chi connectivity index (χ1n) is 4.78. The maximum absolute atomic E-state index is 5.61. The van der Waals surface area contributed by atoms with Crippen LogP contribution in [0.15, 0.2) is 17.4 Å². The molecule has 0 amide bonds. The molecule has 0 aliphatic rings. The molecule has 0 aliphatic heterocycles. The molecular weight excluding hydrogens is 226 g/mol. The molecule has 0 radical (unpaired) electrons. The van der Waals surface area contributed by atoms with Gasteiger partial charge in [-0.15, -0.1) is 23.1 Å². The van der Waals surface area contributed by atoms with Crippen molar-refractivity contribution in [3.63, 3.8) is 0 Å². The smallest absolute Gasteiger partial charge is 0.128 e. The quantitative estimate of drug-likeness (QED) is 0.660. The number of nitrogens with two attached hydrogens (primary N) is 1. The van der Waals surface area contributed by atoms with Gasteiger partial charge >= 0.3 is 0 Å². The summed E-state index contributed by atoms with van der Waals surface area (Å²) in [6.45, 7) is 4.87. The van der Waals surface area contributed by atoms with Crippen molar-refractivity contribution in [2.24, 2.45) is 5.73 Å². The zero-order valence-electron chi connectivity index (χ0n) is 8.73. The molecule has 2 aromatic rings. The molecule has 2 N–H and O–H groups in total. The number of aryl methyl sites for hydroxylation is 1. The van der Waals surface area contributed by atoms with E-state index in [0.717, 1.165) is 15.2 Å². The lowest BCUT2D eigenvalue weighted by Gasteiger charge is -2.07. The third-order valence-electron chi connectivity index (χ3n) is 2.06. The van der Waals surface area contributed by atoms with Gasteiger partial charge in [-0.05, 0) is 13.0 Å². The molecule has 0 spiro atoms. The number of nitrogens with zero attached hydrogens (tertiary/aromatic N) is 2. The van der Waals surface area contributed by atoms with Crippen LogP contribution in [0, 0.1) is 6.92 Å². The Balaban J connectivity index is 2.41. The molecular formula is C10H13N3S2. The minimum absolute atomic E-state index is 0.392. The lowest BCUT2D eigenvalue weighted by molar-refractivity contribution is 0.945. The van der Waals surface area contributed by atoms with Crippen molar-refractivity contribution in [2.45, 2.75) is 24.1 Å². The number of thiophene rings is 1. The van der Waals surface area contributed by atoms with Crippen molar-refractivity contribution in [3.8, 4) is 0 Å². The second kappa shape index (κ2) is 4.47. The average Bonchev–Trinajstić information content (AvgIpc) is 2.59. The highest BCUT2D eigenvalue weighted by Crippen LogP contribution is 2.31. The topological polar surface area (TPSA) is 51.8 Å². The fourth-order valence-corrected chi connectivity index (χ4v) is 3.07. The van der Waals surface area contributed by atoms with E-state index in [9.17, 15) is 0 Å². The normalized spacial score (nSPS) is 13.3. The SMILES string of the molecule is Cc1cc2c(SC(C)CN)ncnc2s1. The summed E-state index contributed by atoms with van der Waals surface area (Å²) < 4.78 is 0. The van der Waals surface area contributed by atoms with E-state index >= 15 is 0 Å². The van der Waals surface area contributed by atoms with Crippen LogP contribution in [-0.2, 0) is 0 Å². The first-order valence-corrected chi connectivity index (χ1v) is 6.48. The van der Waals surface area contributed by atoms with Gasteiger partial charge in [-0.1, -0.05) is 6.92 Å². The Kier molecular flexibility index (Phi) is 3.23. The highest BCUT2D eigenvalue weighted by Gasteiger charge is 2.10. The molecule has 3 nitrogen and oxygen atoms in total. The predicted octanol–water partition coefficient (Wildman–Crippen LogP) is 2.44. The average molecular weight is 239 g/mol. The van der Waals surface area contributed by atoms with Gasteiger partial charge in [-0.25, -0.2) is 9.97 Å². The number of fused-ring (bicyclic) bond motifs is 1. The Labute approximate surface area is 97.1 Å². The van der Waals surface area contributed by atoms with Crippen LogP contribution in [0.4, 0.5) is 0 Å². The van der Waals surface area contributed by atoms with E-state index in [2.05, 4.69) is 29.9 Å². The molecule has 1 unspecified atom stereocenters. The van der Waals surface area contributed by atoms with Crippen molar-refractivity contribution in [1.82, 2.24) is 9.97 Å². The maximum atomic E-state index is 5.61. The van der Waals surface area contributed by atoms with E-state index in [-0.39, 0.29) is 0 Å². The van der Waals surface area contributed by atoms with Crippen LogP contribution in [-0.4, -0.2) is 21.8 Å². The van der Waals surface area contributed by atoms with Crippen molar-refractivity contribution >= 4 is 33.3 Å². The number of rotatable bonds is 3. The Hall–Kier alpha value is -0.650. The highest BCUT2D eigenvalue weighted by atomic mass is 32.2. The summed E-state index contributed by atoms with van der Waals surface area (Å²) in [7, 11) is 0. The minimum Gasteiger partial charge on any atom is -0.329 e. The van der Waals surface area contributed by atoms with Crippen LogP contribution in [0.2, 0.25) is 0 Å². The third kappa shape index (κ3) is 2.30.